The van der Waals surface area contributed by atoms with Crippen LogP contribution >= 0.6 is 0 Å². The first-order valence-corrected chi connectivity index (χ1v) is 14.1. The van der Waals surface area contributed by atoms with Crippen LogP contribution in [0.4, 0.5) is 0 Å². The number of nitrogens with two attached hydrogens (primary N) is 1. The minimum absolute atomic E-state index is 0.226. The number of esters is 1. The van der Waals surface area contributed by atoms with E-state index in [1.54, 1.807) is 6.92 Å². The first-order valence-electron chi connectivity index (χ1n) is 14.1. The van der Waals surface area contributed by atoms with Crippen molar-refractivity contribution >= 4 is 5.97 Å². The molecule has 2 aromatic carbocycles. The normalized spacial score (nSPS) is 13.5. The molecule has 0 atom stereocenters. The molecule has 0 unspecified atom stereocenters. The van der Waals surface area contributed by atoms with Gasteiger partial charge in [0.2, 0.25) is 0 Å². The zero-order chi connectivity index (χ0) is 30.4. The quantitative estimate of drug-likeness (QED) is 0.334. The molecule has 218 valence electrons. The monoisotopic (exact) mass is 539 g/mol. The second kappa shape index (κ2) is 10.8. The average Bonchev–Trinajstić information content (AvgIpc) is 2.73. The maximum atomic E-state index is 13.5. The number of phenols is 2. The number of rotatable bonds is 6. The molecule has 0 spiro atoms. The van der Waals surface area contributed by atoms with Crippen LogP contribution in [0.3, 0.4) is 0 Å². The van der Waals surface area contributed by atoms with Crippen LogP contribution in [0.15, 0.2) is 24.3 Å². The summed E-state index contributed by atoms with van der Waals surface area (Å²) in [5.74, 6) is 0.122. The molecular weight excluding hydrogens is 486 g/mol. The number of ether oxygens (including phenoxy) is 1. The van der Waals surface area contributed by atoms with Crippen molar-refractivity contribution in [1.82, 2.24) is 0 Å². The second-order valence-electron chi connectivity index (χ2n) is 15.3. The van der Waals surface area contributed by atoms with Crippen molar-refractivity contribution in [3.8, 4) is 11.5 Å². The van der Waals surface area contributed by atoms with Gasteiger partial charge in [-0.1, -0.05) is 107 Å². The van der Waals surface area contributed by atoms with Crippen LogP contribution in [0.2, 0.25) is 0 Å². The maximum Gasteiger partial charge on any atom is 0.326 e. The Balaban J connectivity index is 2.77. The predicted octanol–water partition coefficient (Wildman–Crippen LogP) is 7.33. The Labute approximate surface area is 237 Å². The van der Waals surface area contributed by atoms with Gasteiger partial charge in [0.15, 0.2) is 0 Å². The van der Waals surface area contributed by atoms with Gasteiger partial charge in [-0.05, 0) is 62.0 Å². The van der Waals surface area contributed by atoms with E-state index in [1.165, 1.54) is 0 Å². The molecule has 0 aliphatic rings. The van der Waals surface area contributed by atoms with Gasteiger partial charge in [0.1, 0.15) is 17.0 Å². The molecule has 0 heterocycles. The molecule has 2 rings (SSSR count). The second-order valence-corrected chi connectivity index (χ2v) is 15.3. The van der Waals surface area contributed by atoms with E-state index in [4.69, 9.17) is 10.5 Å². The number of hydrogen-bond acceptors (Lipinski definition) is 5. The lowest BCUT2D eigenvalue weighted by atomic mass is 9.75. The average molecular weight is 540 g/mol. The van der Waals surface area contributed by atoms with Crippen molar-refractivity contribution in [1.29, 1.82) is 0 Å². The van der Waals surface area contributed by atoms with Gasteiger partial charge < -0.3 is 20.7 Å². The molecule has 0 fully saturated rings. The number of aromatic hydroxyl groups is 2. The summed E-state index contributed by atoms with van der Waals surface area (Å²) in [6.45, 7) is 26.8. The maximum absolute atomic E-state index is 13.5. The molecule has 39 heavy (non-hydrogen) atoms. The van der Waals surface area contributed by atoms with E-state index in [9.17, 15) is 15.0 Å². The fourth-order valence-electron chi connectivity index (χ4n) is 5.09. The summed E-state index contributed by atoms with van der Waals surface area (Å²) in [6, 6.07) is 7.90. The van der Waals surface area contributed by atoms with Gasteiger partial charge >= 0.3 is 5.97 Å². The largest absolute Gasteiger partial charge is 0.507 e. The predicted molar refractivity (Wildman–Crippen MR) is 162 cm³/mol. The molecule has 0 amide bonds. The number of hydrogen-bond donors (Lipinski definition) is 3. The van der Waals surface area contributed by atoms with Crippen LogP contribution in [0.25, 0.3) is 0 Å². The smallest absolute Gasteiger partial charge is 0.326 e. The third-order valence-electron chi connectivity index (χ3n) is 7.29. The molecular formula is C34H53NO4. The first-order chi connectivity index (χ1) is 17.4. The van der Waals surface area contributed by atoms with E-state index in [0.29, 0.717) is 11.5 Å². The molecule has 0 saturated heterocycles. The van der Waals surface area contributed by atoms with Crippen LogP contribution in [0.1, 0.15) is 123 Å². The Morgan fingerprint density at radius 1 is 0.641 bits per heavy atom. The van der Waals surface area contributed by atoms with Crippen LogP contribution < -0.4 is 5.73 Å². The molecule has 4 N–H and O–H groups in total. The molecule has 5 nitrogen and oxygen atoms in total. The Morgan fingerprint density at radius 3 is 1.10 bits per heavy atom. The molecule has 0 bridgehead atoms. The van der Waals surface area contributed by atoms with E-state index >= 15 is 0 Å². The lowest BCUT2D eigenvalue weighted by Gasteiger charge is -2.33. The van der Waals surface area contributed by atoms with E-state index in [-0.39, 0.29) is 41.1 Å². The van der Waals surface area contributed by atoms with Gasteiger partial charge in [-0.3, -0.25) is 4.79 Å². The van der Waals surface area contributed by atoms with Crippen molar-refractivity contribution in [2.24, 2.45) is 5.73 Å². The van der Waals surface area contributed by atoms with Crippen molar-refractivity contribution in [2.45, 2.75) is 130 Å². The summed E-state index contributed by atoms with van der Waals surface area (Å²) in [6.07, 6.45) is 0.490. The summed E-state index contributed by atoms with van der Waals surface area (Å²) in [7, 11) is 0. The standard InChI is InChI=1S/C34H53NO4/c1-14-39-29(38)34(35,19-21-15-23(30(2,3)4)27(36)24(16-21)31(5,6)7)20-22-17-25(32(8,9)10)28(37)26(18-22)33(11,12)13/h15-18,36-37H,14,19-20,35H2,1-13H3. The van der Waals surface area contributed by atoms with Gasteiger partial charge in [0, 0.05) is 12.8 Å². The molecule has 0 aliphatic heterocycles. The van der Waals surface area contributed by atoms with E-state index in [0.717, 1.165) is 33.4 Å². The molecule has 5 heteroatoms. The highest BCUT2D eigenvalue weighted by Gasteiger charge is 2.38. The van der Waals surface area contributed by atoms with E-state index in [1.807, 2.05) is 24.3 Å². The van der Waals surface area contributed by atoms with Gasteiger partial charge in [0.25, 0.3) is 0 Å². The van der Waals surface area contributed by atoms with Crippen molar-refractivity contribution in [2.75, 3.05) is 6.61 Å². The van der Waals surface area contributed by atoms with Crippen molar-refractivity contribution in [3.63, 3.8) is 0 Å². The molecule has 0 saturated carbocycles. The van der Waals surface area contributed by atoms with Crippen LogP contribution in [-0.4, -0.2) is 28.3 Å². The topological polar surface area (TPSA) is 92.8 Å². The summed E-state index contributed by atoms with van der Waals surface area (Å²) in [5.41, 5.74) is 9.50. The number of benzene rings is 2. The Morgan fingerprint density at radius 2 is 0.897 bits per heavy atom. The minimum Gasteiger partial charge on any atom is -0.507 e. The molecule has 0 aliphatic carbocycles. The summed E-state index contributed by atoms with van der Waals surface area (Å²) >= 11 is 0. The summed E-state index contributed by atoms with van der Waals surface area (Å²) < 4.78 is 5.53. The van der Waals surface area contributed by atoms with Crippen LogP contribution in [0.5, 0.6) is 11.5 Å². The van der Waals surface area contributed by atoms with Gasteiger partial charge in [-0.2, -0.15) is 0 Å². The third kappa shape index (κ3) is 7.57. The first kappa shape index (κ1) is 32.7. The summed E-state index contributed by atoms with van der Waals surface area (Å²) in [4.78, 5) is 13.5. The van der Waals surface area contributed by atoms with Crippen molar-refractivity contribution < 1.29 is 19.7 Å². The van der Waals surface area contributed by atoms with E-state index < -0.39 is 11.5 Å². The minimum atomic E-state index is -1.35. The van der Waals surface area contributed by atoms with Crippen LogP contribution in [-0.2, 0) is 44.0 Å². The number of carbonyl (C=O) groups is 1. The highest BCUT2D eigenvalue weighted by atomic mass is 16.5. The highest BCUT2D eigenvalue weighted by Crippen LogP contribution is 2.42. The van der Waals surface area contributed by atoms with Gasteiger partial charge in [0.05, 0.1) is 6.61 Å². The third-order valence-corrected chi connectivity index (χ3v) is 7.29. The molecule has 0 aromatic heterocycles. The zero-order valence-corrected chi connectivity index (χ0v) is 26.7. The molecule has 0 radical (unpaired) electrons. The highest BCUT2D eigenvalue weighted by molar-refractivity contribution is 5.81. The van der Waals surface area contributed by atoms with Gasteiger partial charge in [-0.25, -0.2) is 0 Å². The Hall–Kier alpha value is -2.53. The number of phenolic OH excluding ortho intramolecular Hbond substituents is 2. The van der Waals surface area contributed by atoms with E-state index in [2.05, 4.69) is 83.1 Å². The Kier molecular flexibility index (Phi) is 9.05. The lowest BCUT2D eigenvalue weighted by Crippen LogP contribution is -2.53. The van der Waals surface area contributed by atoms with Gasteiger partial charge in [-0.15, -0.1) is 0 Å². The summed E-state index contributed by atoms with van der Waals surface area (Å²) in [5, 5.41) is 22.4. The fourth-order valence-corrected chi connectivity index (χ4v) is 5.09. The SMILES string of the molecule is CCOC(=O)C(N)(Cc1cc(C(C)(C)C)c(O)c(C(C)(C)C)c1)Cc1cc(C(C)(C)C)c(O)c(C(C)(C)C)c1. The number of carbonyl (C=O) groups excluding carboxylic acids is 1. The van der Waals surface area contributed by atoms with Crippen molar-refractivity contribution in [3.05, 3.63) is 57.6 Å². The van der Waals surface area contributed by atoms with Crippen LogP contribution in [0, 0.1) is 0 Å². The fraction of sp³-hybridized carbons (Fsp3) is 0.618. The Bertz CT molecular complexity index is 1040. The molecule has 2 aromatic rings. The zero-order valence-electron chi connectivity index (χ0n) is 26.7. The lowest BCUT2D eigenvalue weighted by molar-refractivity contribution is -0.149.